The van der Waals surface area contributed by atoms with Gasteiger partial charge in [0.15, 0.2) is 0 Å². The molecule has 1 unspecified atom stereocenters. The van der Waals surface area contributed by atoms with Crippen LogP contribution in [0.4, 0.5) is 5.69 Å². The van der Waals surface area contributed by atoms with Crippen molar-refractivity contribution in [3.8, 4) is 5.75 Å². The number of rotatable bonds is 23. The van der Waals surface area contributed by atoms with E-state index in [4.69, 9.17) is 14.2 Å². The topological polar surface area (TPSA) is 122 Å². The van der Waals surface area contributed by atoms with Gasteiger partial charge in [0, 0.05) is 24.4 Å². The summed E-state index contributed by atoms with van der Waals surface area (Å²) in [6, 6.07) is 29.7. The number of aromatic nitrogens is 3. The van der Waals surface area contributed by atoms with Gasteiger partial charge in [-0.25, -0.2) is 4.79 Å². The standard InChI is InChI=1S/C44H52N4O6/c1-3-4-5-6-7-8-9-10-11-12-13-20-30-53-42(50)36-26-21-27-37(31-36)45-43(51)44(52-2,41(49)35-24-18-15-19-25-35)48-40-29-28-38(32-39(40)46-47-48)54-33-34-22-16-14-17-23-34/h14-19,21-29,31-32H,3-13,20,30,33H2,1-2H3,(H,45,51). The summed E-state index contributed by atoms with van der Waals surface area (Å²) >= 11 is 0. The van der Waals surface area contributed by atoms with Gasteiger partial charge in [-0.05, 0) is 42.3 Å². The summed E-state index contributed by atoms with van der Waals surface area (Å²) in [7, 11) is 1.27. The minimum absolute atomic E-state index is 0.232. The molecule has 1 aromatic heterocycles. The van der Waals surface area contributed by atoms with Gasteiger partial charge in [0.05, 0.1) is 17.7 Å². The van der Waals surface area contributed by atoms with E-state index < -0.39 is 23.4 Å². The molecule has 1 heterocycles. The van der Waals surface area contributed by atoms with Gasteiger partial charge in [0.1, 0.15) is 17.9 Å². The van der Waals surface area contributed by atoms with Gasteiger partial charge in [-0.1, -0.05) is 149 Å². The molecule has 5 aromatic rings. The van der Waals surface area contributed by atoms with Crippen molar-refractivity contribution < 1.29 is 28.6 Å². The lowest BCUT2D eigenvalue weighted by Gasteiger charge is -2.30. The van der Waals surface area contributed by atoms with E-state index in [2.05, 4.69) is 22.6 Å². The Balaban J connectivity index is 1.23. The number of nitrogens with one attached hydrogen (secondary N) is 1. The average molecular weight is 733 g/mol. The number of hydrogen-bond donors (Lipinski definition) is 1. The molecule has 0 radical (unpaired) electrons. The summed E-state index contributed by atoms with van der Waals surface area (Å²) in [6.07, 6.45) is 14.7. The molecule has 0 spiro atoms. The van der Waals surface area contributed by atoms with E-state index in [0.29, 0.717) is 30.0 Å². The van der Waals surface area contributed by atoms with Gasteiger partial charge in [-0.15, -0.1) is 5.10 Å². The Morgan fingerprint density at radius 3 is 2.00 bits per heavy atom. The van der Waals surface area contributed by atoms with E-state index in [-0.39, 0.29) is 16.8 Å². The predicted molar refractivity (Wildman–Crippen MR) is 210 cm³/mol. The van der Waals surface area contributed by atoms with E-state index in [9.17, 15) is 14.4 Å². The van der Waals surface area contributed by atoms with Gasteiger partial charge in [-0.2, -0.15) is 4.68 Å². The van der Waals surface area contributed by atoms with E-state index in [0.717, 1.165) is 24.8 Å². The van der Waals surface area contributed by atoms with Gasteiger partial charge < -0.3 is 19.5 Å². The van der Waals surface area contributed by atoms with Crippen molar-refractivity contribution in [2.75, 3.05) is 19.0 Å². The number of ether oxygens (including phenoxy) is 3. The predicted octanol–water partition coefficient (Wildman–Crippen LogP) is 9.69. The van der Waals surface area contributed by atoms with Crippen molar-refractivity contribution in [3.05, 3.63) is 120 Å². The van der Waals surface area contributed by atoms with Crippen LogP contribution >= 0.6 is 0 Å². The van der Waals surface area contributed by atoms with Crippen LogP contribution in [-0.2, 0) is 26.6 Å². The van der Waals surface area contributed by atoms with Crippen molar-refractivity contribution in [1.82, 2.24) is 15.0 Å². The first kappa shape index (κ1) is 39.8. The highest BCUT2D eigenvalue weighted by Gasteiger charge is 2.51. The van der Waals surface area contributed by atoms with E-state index in [1.54, 1.807) is 66.7 Å². The number of nitrogens with zero attached hydrogens (tertiary/aromatic N) is 3. The van der Waals surface area contributed by atoms with Crippen LogP contribution in [0.2, 0.25) is 0 Å². The molecular formula is C44H52N4O6. The quantitative estimate of drug-likeness (QED) is 0.0305. The number of ketones is 1. The van der Waals surface area contributed by atoms with Gasteiger partial charge >= 0.3 is 11.7 Å². The third-order valence-corrected chi connectivity index (χ3v) is 9.50. The van der Waals surface area contributed by atoms with Crippen LogP contribution in [0.25, 0.3) is 11.0 Å². The normalized spacial score (nSPS) is 12.3. The van der Waals surface area contributed by atoms with Crippen molar-refractivity contribution in [1.29, 1.82) is 0 Å². The number of amides is 1. The van der Waals surface area contributed by atoms with Gasteiger partial charge in [0.2, 0.25) is 5.78 Å². The summed E-state index contributed by atoms with van der Waals surface area (Å²) in [4.78, 5) is 41.6. The molecule has 1 atom stereocenters. The highest BCUT2D eigenvalue weighted by atomic mass is 16.5. The molecule has 5 rings (SSSR count). The molecule has 0 aliphatic rings. The molecule has 54 heavy (non-hydrogen) atoms. The second-order valence-corrected chi connectivity index (χ2v) is 13.5. The fraction of sp³-hybridized carbons (Fsp3) is 0.386. The lowest BCUT2D eigenvalue weighted by Crippen LogP contribution is -2.54. The Bertz CT molecular complexity index is 1930. The third-order valence-electron chi connectivity index (χ3n) is 9.50. The first-order chi connectivity index (χ1) is 26.5. The number of esters is 1. The van der Waals surface area contributed by atoms with Crippen molar-refractivity contribution in [2.24, 2.45) is 0 Å². The average Bonchev–Trinajstić information content (AvgIpc) is 3.63. The molecule has 0 aliphatic heterocycles. The summed E-state index contributed by atoms with van der Waals surface area (Å²) in [5, 5.41) is 11.3. The minimum atomic E-state index is -2.30. The van der Waals surface area contributed by atoms with Crippen LogP contribution in [0.15, 0.2) is 103 Å². The number of benzene rings is 4. The molecular weight excluding hydrogens is 681 g/mol. The fourth-order valence-electron chi connectivity index (χ4n) is 6.45. The molecule has 284 valence electrons. The first-order valence-corrected chi connectivity index (χ1v) is 19.2. The largest absolute Gasteiger partial charge is 0.489 e. The van der Waals surface area contributed by atoms with Crippen LogP contribution in [0.5, 0.6) is 5.75 Å². The summed E-state index contributed by atoms with van der Waals surface area (Å²) < 4.78 is 18.6. The fourth-order valence-corrected chi connectivity index (χ4v) is 6.45. The molecule has 1 amide bonds. The summed E-state index contributed by atoms with van der Waals surface area (Å²) in [6.45, 7) is 2.92. The summed E-state index contributed by atoms with van der Waals surface area (Å²) in [5.74, 6) is -1.42. The maximum atomic E-state index is 14.4. The number of unbranched alkanes of at least 4 members (excludes halogenated alkanes) is 11. The zero-order valence-corrected chi connectivity index (χ0v) is 31.5. The Morgan fingerprint density at radius 1 is 0.704 bits per heavy atom. The zero-order chi connectivity index (χ0) is 38.0. The molecule has 10 nitrogen and oxygen atoms in total. The van der Waals surface area contributed by atoms with Crippen molar-refractivity contribution >= 4 is 34.4 Å². The zero-order valence-electron chi connectivity index (χ0n) is 31.5. The Labute approximate surface area is 318 Å². The van der Waals surface area contributed by atoms with E-state index >= 15 is 0 Å². The van der Waals surface area contributed by atoms with Gasteiger partial charge in [0.25, 0.3) is 5.91 Å². The number of Topliss-reactive ketones (excluding diaryl/α,β-unsaturated/α-hetero) is 1. The maximum Gasteiger partial charge on any atom is 0.338 e. The number of fused-ring (bicyclic) bond motifs is 1. The molecule has 4 aromatic carbocycles. The van der Waals surface area contributed by atoms with Crippen molar-refractivity contribution in [2.45, 2.75) is 96.3 Å². The highest BCUT2D eigenvalue weighted by molar-refractivity contribution is 6.18. The molecule has 10 heteroatoms. The number of carbonyl (C=O) groups excluding carboxylic acids is 3. The van der Waals surface area contributed by atoms with E-state index in [1.165, 1.54) is 75.6 Å². The Morgan fingerprint density at radius 2 is 1.33 bits per heavy atom. The molecule has 0 aliphatic carbocycles. The van der Waals surface area contributed by atoms with Crippen molar-refractivity contribution in [3.63, 3.8) is 0 Å². The minimum Gasteiger partial charge on any atom is -0.489 e. The molecule has 1 N–H and O–H groups in total. The van der Waals surface area contributed by atoms with Crippen LogP contribution < -0.4 is 10.1 Å². The lowest BCUT2D eigenvalue weighted by atomic mass is 9.98. The van der Waals surface area contributed by atoms with E-state index in [1.807, 2.05) is 30.3 Å². The van der Waals surface area contributed by atoms with Crippen LogP contribution in [0.1, 0.15) is 110 Å². The van der Waals surface area contributed by atoms with Crippen LogP contribution in [0.3, 0.4) is 0 Å². The number of hydrogen-bond acceptors (Lipinski definition) is 8. The smallest absolute Gasteiger partial charge is 0.338 e. The summed E-state index contributed by atoms with van der Waals surface area (Å²) in [5.41, 5.74) is 0.263. The Kier molecular flexibility index (Phi) is 15.3. The number of methoxy groups -OCH3 is 1. The molecule has 0 fully saturated rings. The molecule has 0 bridgehead atoms. The highest BCUT2D eigenvalue weighted by Crippen LogP contribution is 2.31. The number of anilines is 1. The SMILES string of the molecule is CCCCCCCCCCCCCCOC(=O)c1cccc(NC(=O)C(OC)(C(=O)c2ccccc2)n2nnc3cc(OCc4ccccc4)ccc32)c1. The van der Waals surface area contributed by atoms with Crippen LogP contribution in [-0.4, -0.2) is 46.4 Å². The lowest BCUT2D eigenvalue weighted by molar-refractivity contribution is -0.143. The van der Waals surface area contributed by atoms with Gasteiger partial charge in [-0.3, -0.25) is 9.59 Å². The Hall–Kier alpha value is -5.35. The molecule has 0 saturated heterocycles. The molecule has 0 saturated carbocycles. The third kappa shape index (κ3) is 10.6. The first-order valence-electron chi connectivity index (χ1n) is 19.2. The second kappa shape index (κ2) is 20.8. The number of carbonyl (C=O) groups is 3. The monoisotopic (exact) mass is 732 g/mol. The second-order valence-electron chi connectivity index (χ2n) is 13.5. The maximum absolute atomic E-state index is 14.4. The van der Waals surface area contributed by atoms with Crippen LogP contribution in [0, 0.1) is 0 Å².